The highest BCUT2D eigenvalue weighted by Crippen LogP contribution is 2.64. The van der Waals surface area contributed by atoms with Gasteiger partial charge in [-0.1, -0.05) is 19.4 Å². The van der Waals surface area contributed by atoms with Crippen LogP contribution < -0.4 is 0 Å². The summed E-state index contributed by atoms with van der Waals surface area (Å²) in [5.41, 5.74) is 1.09. The van der Waals surface area contributed by atoms with Gasteiger partial charge in [0, 0.05) is 31.6 Å². The maximum absolute atomic E-state index is 13.3. The normalized spacial score (nSPS) is 44.6. The molecule has 154 valence electrons. The van der Waals surface area contributed by atoms with Crippen LogP contribution in [-0.4, -0.2) is 29.9 Å². The predicted molar refractivity (Wildman–Crippen MR) is 103 cm³/mol. The van der Waals surface area contributed by atoms with Crippen LogP contribution in [0.2, 0.25) is 0 Å². The number of rotatable bonds is 2. The fourth-order valence-electron chi connectivity index (χ4n) is 7.05. The standard InChI is InChI=1S/C23H32O5/c1-13(24)27-16-7-9-22(3)15(11-16)12-19(26)21-17-5-6-20(28-14(2)25)23(17,4)10-8-18(21)22/h12,16-18,20-21H,5-11H2,1-4H3/t16-,17-,18+,20+,21+,22+,23+/m1/s1. The highest BCUT2D eigenvalue weighted by Gasteiger charge is 2.61. The molecule has 7 atom stereocenters. The molecule has 0 unspecified atom stereocenters. The second-order valence-electron chi connectivity index (χ2n) is 9.92. The molecule has 4 aliphatic carbocycles. The molecule has 0 radical (unpaired) electrons. The molecular formula is C23H32O5. The summed E-state index contributed by atoms with van der Waals surface area (Å²) in [4.78, 5) is 36.2. The molecule has 3 saturated carbocycles. The Hall–Kier alpha value is -1.65. The fraction of sp³-hybridized carbons (Fsp3) is 0.783. The molecule has 0 saturated heterocycles. The van der Waals surface area contributed by atoms with Gasteiger partial charge in [0.05, 0.1) is 0 Å². The molecule has 5 nitrogen and oxygen atoms in total. The fourth-order valence-corrected chi connectivity index (χ4v) is 7.05. The Morgan fingerprint density at radius 1 is 0.964 bits per heavy atom. The third-order valence-electron chi connectivity index (χ3n) is 8.45. The summed E-state index contributed by atoms with van der Waals surface area (Å²) in [5, 5.41) is 0. The molecule has 0 N–H and O–H groups in total. The summed E-state index contributed by atoms with van der Waals surface area (Å²) < 4.78 is 11.1. The average Bonchev–Trinajstić information content (AvgIpc) is 2.92. The summed E-state index contributed by atoms with van der Waals surface area (Å²) in [6.07, 6.45) is 8.02. The zero-order valence-corrected chi connectivity index (χ0v) is 17.5. The van der Waals surface area contributed by atoms with Gasteiger partial charge in [0.15, 0.2) is 5.78 Å². The lowest BCUT2D eigenvalue weighted by Crippen LogP contribution is -2.54. The molecule has 4 aliphatic rings. The maximum atomic E-state index is 13.3. The Bertz CT molecular complexity index is 739. The van der Waals surface area contributed by atoms with Gasteiger partial charge in [-0.05, 0) is 61.9 Å². The van der Waals surface area contributed by atoms with E-state index in [1.54, 1.807) is 0 Å². The number of carbonyl (C=O) groups excluding carboxylic acids is 3. The Labute approximate surface area is 167 Å². The van der Waals surface area contributed by atoms with Crippen molar-refractivity contribution in [3.8, 4) is 0 Å². The number of allylic oxidation sites excluding steroid dienone is 1. The quantitative estimate of drug-likeness (QED) is 0.669. The molecule has 0 aromatic carbocycles. The molecule has 3 fully saturated rings. The van der Waals surface area contributed by atoms with E-state index in [0.717, 1.165) is 38.5 Å². The van der Waals surface area contributed by atoms with E-state index in [4.69, 9.17) is 9.47 Å². The number of hydrogen-bond acceptors (Lipinski definition) is 5. The molecule has 0 bridgehead atoms. The summed E-state index contributed by atoms with van der Waals surface area (Å²) >= 11 is 0. The molecule has 5 heteroatoms. The van der Waals surface area contributed by atoms with Crippen LogP contribution in [0.4, 0.5) is 0 Å². The topological polar surface area (TPSA) is 69.7 Å². The maximum Gasteiger partial charge on any atom is 0.302 e. The van der Waals surface area contributed by atoms with Gasteiger partial charge in [0.1, 0.15) is 12.2 Å². The van der Waals surface area contributed by atoms with Crippen molar-refractivity contribution in [2.75, 3.05) is 0 Å². The van der Waals surface area contributed by atoms with Gasteiger partial charge in [0.2, 0.25) is 0 Å². The Kier molecular flexibility index (Phi) is 4.71. The lowest BCUT2D eigenvalue weighted by atomic mass is 9.47. The lowest BCUT2D eigenvalue weighted by molar-refractivity contribution is -0.158. The van der Waals surface area contributed by atoms with Gasteiger partial charge < -0.3 is 9.47 Å². The van der Waals surface area contributed by atoms with E-state index < -0.39 is 0 Å². The van der Waals surface area contributed by atoms with Gasteiger partial charge in [0.25, 0.3) is 0 Å². The van der Waals surface area contributed by atoms with Crippen LogP contribution in [0.1, 0.15) is 72.6 Å². The minimum atomic E-state index is -0.245. The van der Waals surface area contributed by atoms with Crippen LogP contribution in [0.5, 0.6) is 0 Å². The second kappa shape index (κ2) is 6.70. The molecule has 4 rings (SSSR count). The Morgan fingerprint density at radius 3 is 2.36 bits per heavy atom. The highest BCUT2D eigenvalue weighted by molar-refractivity contribution is 5.94. The van der Waals surface area contributed by atoms with E-state index in [9.17, 15) is 14.4 Å². The van der Waals surface area contributed by atoms with E-state index >= 15 is 0 Å². The number of esters is 2. The minimum Gasteiger partial charge on any atom is -0.462 e. The van der Waals surface area contributed by atoms with E-state index in [-0.39, 0.29) is 52.6 Å². The van der Waals surface area contributed by atoms with Crippen molar-refractivity contribution < 1.29 is 23.9 Å². The average molecular weight is 389 g/mol. The van der Waals surface area contributed by atoms with Gasteiger partial charge in [-0.3, -0.25) is 14.4 Å². The molecule has 28 heavy (non-hydrogen) atoms. The van der Waals surface area contributed by atoms with E-state index in [1.807, 2.05) is 6.08 Å². The SMILES string of the molecule is CC(=O)O[C@@H]1CC[C@@]2(C)C(=CC(=O)[C@H]3[C@H]4CC[C@H](OC(C)=O)[C@@]4(C)CC[C@@H]32)C1. The van der Waals surface area contributed by atoms with Crippen molar-refractivity contribution in [3.05, 3.63) is 11.6 Å². The molecule has 0 heterocycles. The van der Waals surface area contributed by atoms with E-state index in [1.165, 1.54) is 19.4 Å². The number of hydrogen-bond donors (Lipinski definition) is 0. The number of ketones is 1. The first-order valence-electron chi connectivity index (χ1n) is 10.7. The largest absolute Gasteiger partial charge is 0.462 e. The Balaban J connectivity index is 1.62. The van der Waals surface area contributed by atoms with Crippen molar-refractivity contribution >= 4 is 17.7 Å². The van der Waals surface area contributed by atoms with Gasteiger partial charge in [-0.25, -0.2) is 0 Å². The molecular weight excluding hydrogens is 356 g/mol. The molecule has 0 amide bonds. The van der Waals surface area contributed by atoms with Crippen LogP contribution in [0.3, 0.4) is 0 Å². The van der Waals surface area contributed by atoms with Crippen molar-refractivity contribution in [1.29, 1.82) is 0 Å². The van der Waals surface area contributed by atoms with Crippen LogP contribution >= 0.6 is 0 Å². The van der Waals surface area contributed by atoms with Crippen LogP contribution in [0, 0.1) is 28.6 Å². The summed E-state index contributed by atoms with van der Waals surface area (Å²) in [6.45, 7) is 7.46. The molecule has 0 aliphatic heterocycles. The van der Waals surface area contributed by atoms with Gasteiger partial charge in [-0.2, -0.15) is 0 Å². The van der Waals surface area contributed by atoms with E-state index in [0.29, 0.717) is 12.3 Å². The van der Waals surface area contributed by atoms with Crippen LogP contribution in [0.15, 0.2) is 11.6 Å². The first kappa shape index (κ1) is 19.7. The van der Waals surface area contributed by atoms with Crippen molar-refractivity contribution in [1.82, 2.24) is 0 Å². The minimum absolute atomic E-state index is 0.01000. The second-order valence-corrected chi connectivity index (χ2v) is 9.92. The van der Waals surface area contributed by atoms with Crippen molar-refractivity contribution in [2.24, 2.45) is 28.6 Å². The molecule has 0 aromatic heterocycles. The zero-order chi connectivity index (χ0) is 20.3. The number of fused-ring (bicyclic) bond motifs is 5. The highest BCUT2D eigenvalue weighted by atomic mass is 16.5. The number of carbonyl (C=O) groups is 3. The molecule has 0 spiro atoms. The lowest BCUT2D eigenvalue weighted by Gasteiger charge is -2.56. The third-order valence-corrected chi connectivity index (χ3v) is 8.45. The first-order valence-corrected chi connectivity index (χ1v) is 10.7. The summed E-state index contributed by atoms with van der Waals surface area (Å²) in [6, 6.07) is 0. The molecule has 0 aromatic rings. The predicted octanol–water partition coefficient (Wildman–Crippen LogP) is 3.99. The van der Waals surface area contributed by atoms with Gasteiger partial charge >= 0.3 is 11.9 Å². The smallest absolute Gasteiger partial charge is 0.302 e. The van der Waals surface area contributed by atoms with Crippen LogP contribution in [-0.2, 0) is 23.9 Å². The number of ether oxygens (including phenoxy) is 2. The third kappa shape index (κ3) is 2.93. The monoisotopic (exact) mass is 388 g/mol. The van der Waals surface area contributed by atoms with E-state index in [2.05, 4.69) is 13.8 Å². The first-order chi connectivity index (χ1) is 13.1. The van der Waals surface area contributed by atoms with Gasteiger partial charge in [-0.15, -0.1) is 0 Å². The summed E-state index contributed by atoms with van der Waals surface area (Å²) in [5.74, 6) is 0.419. The van der Waals surface area contributed by atoms with Crippen molar-refractivity contribution in [2.45, 2.75) is 84.8 Å². The zero-order valence-electron chi connectivity index (χ0n) is 17.5. The van der Waals surface area contributed by atoms with Crippen molar-refractivity contribution in [3.63, 3.8) is 0 Å². The van der Waals surface area contributed by atoms with Crippen LogP contribution in [0.25, 0.3) is 0 Å². The Morgan fingerprint density at radius 2 is 1.68 bits per heavy atom. The summed E-state index contributed by atoms with van der Waals surface area (Å²) in [7, 11) is 0.